The van der Waals surface area contributed by atoms with Crippen molar-refractivity contribution in [1.82, 2.24) is 0 Å². The Morgan fingerprint density at radius 3 is 2.33 bits per heavy atom. The van der Waals surface area contributed by atoms with Crippen LogP contribution in [0.25, 0.3) is 0 Å². The molecule has 2 aromatic rings. The summed E-state index contributed by atoms with van der Waals surface area (Å²) in [6.45, 7) is 3.54. The average Bonchev–Trinajstić information content (AvgIpc) is 2.50. The average molecular weight is 291 g/mol. The van der Waals surface area contributed by atoms with E-state index in [2.05, 4.69) is 5.32 Å². The zero-order valence-corrected chi connectivity index (χ0v) is 12.4. The van der Waals surface area contributed by atoms with Crippen molar-refractivity contribution < 1.29 is 13.5 Å². The third-order valence-electron chi connectivity index (χ3n) is 3.50. The van der Waals surface area contributed by atoms with Crippen molar-refractivity contribution in [2.24, 2.45) is 0 Å². The molecule has 0 saturated heterocycles. The fraction of sp³-hybridized carbons (Fsp3) is 0.294. The van der Waals surface area contributed by atoms with Crippen molar-refractivity contribution in [3.8, 4) is 5.75 Å². The smallest absolute Gasteiger partial charge is 0.146 e. The Morgan fingerprint density at radius 1 is 1.10 bits per heavy atom. The lowest BCUT2D eigenvalue weighted by atomic mass is 10.0. The third kappa shape index (κ3) is 3.51. The van der Waals surface area contributed by atoms with Crippen molar-refractivity contribution in [1.29, 1.82) is 0 Å². The van der Waals surface area contributed by atoms with Crippen LogP contribution in [0, 0.1) is 18.6 Å². The number of halogens is 2. The van der Waals surface area contributed by atoms with Gasteiger partial charge in [0.25, 0.3) is 0 Å². The molecule has 0 radical (unpaired) electrons. The minimum atomic E-state index is -0.444. The molecule has 2 nitrogen and oxygen atoms in total. The second-order valence-electron chi connectivity index (χ2n) is 4.96. The molecule has 0 spiro atoms. The van der Waals surface area contributed by atoms with E-state index in [4.69, 9.17) is 4.74 Å². The van der Waals surface area contributed by atoms with Gasteiger partial charge in [0.1, 0.15) is 17.4 Å². The van der Waals surface area contributed by atoms with Gasteiger partial charge in [-0.25, -0.2) is 8.78 Å². The summed E-state index contributed by atoms with van der Waals surface area (Å²) < 4.78 is 32.6. The number of benzene rings is 2. The number of hydrogen-bond acceptors (Lipinski definition) is 2. The van der Waals surface area contributed by atoms with Crippen LogP contribution in [0.1, 0.15) is 30.5 Å². The molecule has 21 heavy (non-hydrogen) atoms. The van der Waals surface area contributed by atoms with Crippen LogP contribution in [-0.4, -0.2) is 7.11 Å². The molecule has 0 fully saturated rings. The van der Waals surface area contributed by atoms with Crippen LogP contribution in [0.2, 0.25) is 0 Å². The molecule has 4 heteroatoms. The number of nitrogens with one attached hydrogen (secondary N) is 1. The number of rotatable bonds is 5. The third-order valence-corrected chi connectivity index (χ3v) is 3.50. The highest BCUT2D eigenvalue weighted by Gasteiger charge is 2.13. The summed E-state index contributed by atoms with van der Waals surface area (Å²) in [5.74, 6) is -0.0921. The predicted octanol–water partition coefficient (Wildman–Crippen LogP) is 4.85. The van der Waals surface area contributed by atoms with Gasteiger partial charge in [0.15, 0.2) is 0 Å². The standard InChI is InChI=1S/C17H19F2NO/c1-4-16(12-5-7-13(21-3)8-6-12)20-17-10-14(18)11(2)9-15(17)19/h5-10,16,20H,4H2,1-3H3. The fourth-order valence-corrected chi connectivity index (χ4v) is 2.20. The normalized spacial score (nSPS) is 12.0. The van der Waals surface area contributed by atoms with Crippen molar-refractivity contribution in [3.05, 3.63) is 59.2 Å². The Hall–Kier alpha value is -2.10. The van der Waals surface area contributed by atoms with E-state index in [1.54, 1.807) is 14.0 Å². The van der Waals surface area contributed by atoms with Crippen LogP contribution < -0.4 is 10.1 Å². The second-order valence-corrected chi connectivity index (χ2v) is 4.96. The Labute approximate surface area is 123 Å². The van der Waals surface area contributed by atoms with Crippen molar-refractivity contribution in [2.45, 2.75) is 26.3 Å². The Morgan fingerprint density at radius 2 is 1.76 bits per heavy atom. The second kappa shape index (κ2) is 6.57. The SMILES string of the molecule is CCC(Nc1cc(F)c(C)cc1F)c1ccc(OC)cc1. The van der Waals surface area contributed by atoms with E-state index in [1.165, 1.54) is 12.1 Å². The summed E-state index contributed by atoms with van der Waals surface area (Å²) in [6.07, 6.45) is 0.751. The molecule has 0 saturated carbocycles. The quantitative estimate of drug-likeness (QED) is 0.850. The van der Waals surface area contributed by atoms with E-state index in [0.717, 1.165) is 17.7 Å². The maximum Gasteiger partial charge on any atom is 0.146 e. The van der Waals surface area contributed by atoms with Gasteiger partial charge in [0, 0.05) is 6.07 Å². The van der Waals surface area contributed by atoms with Gasteiger partial charge in [-0.2, -0.15) is 0 Å². The Kier molecular flexibility index (Phi) is 4.78. The first-order valence-corrected chi connectivity index (χ1v) is 6.91. The minimum Gasteiger partial charge on any atom is -0.497 e. The lowest BCUT2D eigenvalue weighted by Gasteiger charge is -2.20. The number of ether oxygens (including phenoxy) is 1. The van der Waals surface area contributed by atoms with Crippen molar-refractivity contribution in [3.63, 3.8) is 0 Å². The number of hydrogen-bond donors (Lipinski definition) is 1. The summed E-state index contributed by atoms with van der Waals surface area (Å²) in [5, 5.41) is 3.06. The maximum absolute atomic E-state index is 13.9. The molecule has 1 atom stereocenters. The predicted molar refractivity (Wildman–Crippen MR) is 80.7 cm³/mol. The summed E-state index contributed by atoms with van der Waals surface area (Å²) in [4.78, 5) is 0. The molecule has 0 aromatic heterocycles. The van der Waals surface area contributed by atoms with Gasteiger partial charge in [0.2, 0.25) is 0 Å². The summed E-state index contributed by atoms with van der Waals surface area (Å²) >= 11 is 0. The van der Waals surface area contributed by atoms with Gasteiger partial charge in [-0.05, 0) is 42.7 Å². The van der Waals surface area contributed by atoms with Crippen molar-refractivity contribution >= 4 is 5.69 Å². The molecule has 1 unspecified atom stereocenters. The largest absolute Gasteiger partial charge is 0.497 e. The van der Waals surface area contributed by atoms with E-state index in [1.807, 2.05) is 31.2 Å². The molecule has 112 valence electrons. The van der Waals surface area contributed by atoms with Gasteiger partial charge in [0.05, 0.1) is 18.8 Å². The van der Waals surface area contributed by atoms with Crippen LogP contribution in [0.3, 0.4) is 0 Å². The van der Waals surface area contributed by atoms with Gasteiger partial charge in [-0.3, -0.25) is 0 Å². The molecule has 0 bridgehead atoms. The van der Waals surface area contributed by atoms with E-state index >= 15 is 0 Å². The van der Waals surface area contributed by atoms with E-state index < -0.39 is 11.6 Å². The molecule has 1 N–H and O–H groups in total. The first-order chi connectivity index (χ1) is 10.0. The molecular formula is C17H19F2NO. The highest BCUT2D eigenvalue weighted by atomic mass is 19.1. The van der Waals surface area contributed by atoms with Crippen LogP contribution in [0.15, 0.2) is 36.4 Å². The lowest BCUT2D eigenvalue weighted by Crippen LogP contribution is -2.11. The molecule has 2 rings (SSSR count). The molecular weight excluding hydrogens is 272 g/mol. The monoisotopic (exact) mass is 291 g/mol. The highest BCUT2D eigenvalue weighted by molar-refractivity contribution is 5.49. The van der Waals surface area contributed by atoms with Gasteiger partial charge in [-0.15, -0.1) is 0 Å². The van der Waals surface area contributed by atoms with Gasteiger partial charge >= 0.3 is 0 Å². The summed E-state index contributed by atoms with van der Waals surface area (Å²) in [6, 6.07) is 9.87. The zero-order chi connectivity index (χ0) is 15.4. The van der Waals surface area contributed by atoms with E-state index in [9.17, 15) is 8.78 Å². The van der Waals surface area contributed by atoms with Crippen LogP contribution in [0.5, 0.6) is 5.75 Å². The molecule has 0 aliphatic heterocycles. The number of methoxy groups -OCH3 is 1. The van der Waals surface area contributed by atoms with E-state index in [0.29, 0.717) is 5.56 Å². The maximum atomic E-state index is 13.9. The first kappa shape index (κ1) is 15.3. The zero-order valence-electron chi connectivity index (χ0n) is 12.4. The van der Waals surface area contributed by atoms with Crippen LogP contribution in [0.4, 0.5) is 14.5 Å². The van der Waals surface area contributed by atoms with Crippen LogP contribution >= 0.6 is 0 Å². The molecule has 0 aliphatic rings. The number of aryl methyl sites for hydroxylation is 1. The molecule has 0 aliphatic carbocycles. The fourth-order valence-electron chi connectivity index (χ4n) is 2.20. The topological polar surface area (TPSA) is 21.3 Å². The minimum absolute atomic E-state index is 0.0903. The van der Waals surface area contributed by atoms with Crippen molar-refractivity contribution in [2.75, 3.05) is 12.4 Å². The number of anilines is 1. The molecule has 2 aromatic carbocycles. The molecule has 0 heterocycles. The van der Waals surface area contributed by atoms with Gasteiger partial charge < -0.3 is 10.1 Å². The first-order valence-electron chi connectivity index (χ1n) is 6.91. The van der Waals surface area contributed by atoms with E-state index in [-0.39, 0.29) is 11.7 Å². The Balaban J connectivity index is 2.24. The van der Waals surface area contributed by atoms with Gasteiger partial charge in [-0.1, -0.05) is 19.1 Å². The summed E-state index contributed by atoms with van der Waals surface area (Å²) in [5.41, 5.74) is 1.48. The lowest BCUT2D eigenvalue weighted by molar-refractivity contribution is 0.414. The van der Waals surface area contributed by atoms with Crippen LogP contribution in [-0.2, 0) is 0 Å². The summed E-state index contributed by atoms with van der Waals surface area (Å²) in [7, 11) is 1.61. The highest BCUT2D eigenvalue weighted by Crippen LogP contribution is 2.27. The molecule has 0 amide bonds. The Bertz CT molecular complexity index is 611.